The lowest BCUT2D eigenvalue weighted by molar-refractivity contribution is 0.102. The number of pyridine rings is 1. The highest BCUT2D eigenvalue weighted by Crippen LogP contribution is 2.19. The minimum atomic E-state index is -0.640. The van der Waals surface area contributed by atoms with Crippen LogP contribution in [0.1, 0.15) is 16.1 Å². The Morgan fingerprint density at radius 1 is 1.37 bits per heavy atom. The zero-order valence-electron chi connectivity index (χ0n) is 10.2. The van der Waals surface area contributed by atoms with Crippen molar-refractivity contribution in [3.05, 3.63) is 57.8 Å². The van der Waals surface area contributed by atoms with Crippen LogP contribution < -0.4 is 16.5 Å². The van der Waals surface area contributed by atoms with Crippen molar-refractivity contribution in [2.45, 2.75) is 6.92 Å². The Balaban J connectivity index is 2.31. The van der Waals surface area contributed by atoms with Gasteiger partial charge in [-0.05, 0) is 25.1 Å². The molecule has 5 nitrogen and oxygen atoms in total. The molecular weight excluding hydrogens is 249 g/mol. The van der Waals surface area contributed by atoms with Gasteiger partial charge in [-0.3, -0.25) is 9.59 Å². The first-order valence-electron chi connectivity index (χ1n) is 5.53. The van der Waals surface area contributed by atoms with Crippen molar-refractivity contribution >= 4 is 17.3 Å². The Bertz CT molecular complexity index is 695. The van der Waals surface area contributed by atoms with Crippen LogP contribution in [0, 0.1) is 12.7 Å². The fourth-order valence-electron chi connectivity index (χ4n) is 1.58. The monoisotopic (exact) mass is 261 g/mol. The Kier molecular flexibility index (Phi) is 3.33. The topological polar surface area (TPSA) is 88.0 Å². The zero-order valence-corrected chi connectivity index (χ0v) is 10.2. The van der Waals surface area contributed by atoms with E-state index in [1.165, 1.54) is 24.4 Å². The maximum atomic E-state index is 13.1. The van der Waals surface area contributed by atoms with Crippen molar-refractivity contribution in [2.24, 2.45) is 0 Å². The lowest BCUT2D eigenvalue weighted by atomic mass is 10.2. The third kappa shape index (κ3) is 2.79. The zero-order chi connectivity index (χ0) is 14.0. The molecule has 0 aliphatic rings. The molecule has 0 saturated carbocycles. The number of benzene rings is 1. The molecule has 0 unspecified atom stereocenters. The standard InChI is InChI=1S/C13H12FN3O2/c1-7-4-12(18)9(6-16-7)13(19)17-11-5-8(14)2-3-10(11)15/h2-6H,15H2,1H3,(H,16,18)(H,17,19). The summed E-state index contributed by atoms with van der Waals surface area (Å²) in [5.74, 6) is -1.17. The lowest BCUT2D eigenvalue weighted by Gasteiger charge is -2.08. The van der Waals surface area contributed by atoms with E-state index < -0.39 is 17.2 Å². The predicted molar refractivity (Wildman–Crippen MR) is 70.6 cm³/mol. The Hall–Kier alpha value is -2.63. The molecule has 0 fully saturated rings. The fraction of sp³-hybridized carbons (Fsp3) is 0.0769. The maximum Gasteiger partial charge on any atom is 0.261 e. The summed E-state index contributed by atoms with van der Waals surface area (Å²) in [7, 11) is 0. The van der Waals surface area contributed by atoms with Crippen LogP contribution in [0.5, 0.6) is 0 Å². The summed E-state index contributed by atoms with van der Waals surface area (Å²) in [5, 5.41) is 2.40. The molecular formula is C13H12FN3O2. The van der Waals surface area contributed by atoms with E-state index >= 15 is 0 Å². The first-order valence-corrected chi connectivity index (χ1v) is 5.53. The van der Waals surface area contributed by atoms with Crippen LogP contribution in [0.4, 0.5) is 15.8 Å². The largest absolute Gasteiger partial charge is 0.397 e. The van der Waals surface area contributed by atoms with Crippen LogP contribution in [-0.4, -0.2) is 10.9 Å². The molecule has 19 heavy (non-hydrogen) atoms. The predicted octanol–water partition coefficient (Wildman–Crippen LogP) is 1.66. The Morgan fingerprint density at radius 2 is 2.11 bits per heavy atom. The van der Waals surface area contributed by atoms with Gasteiger partial charge in [-0.25, -0.2) is 4.39 Å². The normalized spacial score (nSPS) is 10.2. The molecule has 0 aliphatic carbocycles. The number of anilines is 2. The average Bonchev–Trinajstić information content (AvgIpc) is 2.33. The van der Waals surface area contributed by atoms with Gasteiger partial charge in [0, 0.05) is 18.0 Å². The summed E-state index contributed by atoms with van der Waals surface area (Å²) in [5.41, 5.74) is 6.13. The molecule has 1 aromatic heterocycles. The molecule has 4 N–H and O–H groups in total. The number of hydrogen-bond acceptors (Lipinski definition) is 3. The first-order chi connectivity index (χ1) is 8.97. The van der Waals surface area contributed by atoms with Gasteiger partial charge in [0.2, 0.25) is 0 Å². The van der Waals surface area contributed by atoms with Crippen molar-refractivity contribution in [1.29, 1.82) is 0 Å². The van der Waals surface area contributed by atoms with Crippen molar-refractivity contribution in [2.75, 3.05) is 11.1 Å². The number of nitrogens with one attached hydrogen (secondary N) is 2. The summed E-state index contributed by atoms with van der Waals surface area (Å²) >= 11 is 0. The highest BCUT2D eigenvalue weighted by Gasteiger charge is 2.12. The van der Waals surface area contributed by atoms with E-state index in [4.69, 9.17) is 5.73 Å². The van der Waals surface area contributed by atoms with E-state index in [2.05, 4.69) is 10.3 Å². The van der Waals surface area contributed by atoms with Gasteiger partial charge in [0.25, 0.3) is 5.91 Å². The second kappa shape index (κ2) is 4.93. The van der Waals surface area contributed by atoms with E-state index in [1.807, 2.05) is 0 Å². The summed E-state index contributed by atoms with van der Waals surface area (Å²) in [6.45, 7) is 1.70. The SMILES string of the molecule is Cc1cc(=O)c(C(=O)Nc2cc(F)ccc2N)c[nH]1. The number of halogens is 1. The van der Waals surface area contributed by atoms with Crippen molar-refractivity contribution in [1.82, 2.24) is 4.98 Å². The second-order valence-electron chi connectivity index (χ2n) is 4.08. The highest BCUT2D eigenvalue weighted by atomic mass is 19.1. The van der Waals surface area contributed by atoms with Gasteiger partial charge in [-0.15, -0.1) is 0 Å². The van der Waals surface area contributed by atoms with Crippen molar-refractivity contribution in [3.8, 4) is 0 Å². The molecule has 0 atom stereocenters. The summed E-state index contributed by atoms with van der Waals surface area (Å²) < 4.78 is 13.1. The molecule has 2 aromatic rings. The molecule has 98 valence electrons. The van der Waals surface area contributed by atoms with E-state index in [0.717, 1.165) is 6.07 Å². The second-order valence-corrected chi connectivity index (χ2v) is 4.08. The van der Waals surface area contributed by atoms with E-state index in [9.17, 15) is 14.0 Å². The van der Waals surface area contributed by atoms with Crippen LogP contribution in [-0.2, 0) is 0 Å². The number of nitrogens with two attached hydrogens (primary N) is 1. The summed E-state index contributed by atoms with van der Waals surface area (Å²) in [4.78, 5) is 26.3. The van der Waals surface area contributed by atoms with Crippen LogP contribution in [0.25, 0.3) is 0 Å². The van der Waals surface area contributed by atoms with E-state index in [1.54, 1.807) is 6.92 Å². The quantitative estimate of drug-likeness (QED) is 0.718. The number of aromatic nitrogens is 1. The molecule has 0 aliphatic heterocycles. The van der Waals surface area contributed by atoms with Crippen molar-refractivity contribution < 1.29 is 9.18 Å². The minimum Gasteiger partial charge on any atom is -0.397 e. The van der Waals surface area contributed by atoms with Crippen LogP contribution in [0.3, 0.4) is 0 Å². The molecule has 1 heterocycles. The average molecular weight is 261 g/mol. The number of carbonyl (C=O) groups is 1. The number of carbonyl (C=O) groups excluding carboxylic acids is 1. The summed E-state index contributed by atoms with van der Waals surface area (Å²) in [6.07, 6.45) is 1.31. The van der Waals surface area contributed by atoms with E-state index in [-0.39, 0.29) is 16.9 Å². The molecule has 0 saturated heterocycles. The molecule has 2 rings (SSSR count). The number of hydrogen-bond donors (Lipinski definition) is 3. The molecule has 1 amide bonds. The van der Waals surface area contributed by atoms with Crippen LogP contribution >= 0.6 is 0 Å². The number of aromatic amines is 1. The van der Waals surface area contributed by atoms with Crippen LogP contribution in [0.2, 0.25) is 0 Å². The number of H-pyrrole nitrogens is 1. The Morgan fingerprint density at radius 3 is 2.79 bits per heavy atom. The van der Waals surface area contributed by atoms with Gasteiger partial charge in [0.1, 0.15) is 11.4 Å². The third-order valence-corrected chi connectivity index (χ3v) is 2.57. The van der Waals surface area contributed by atoms with Crippen molar-refractivity contribution in [3.63, 3.8) is 0 Å². The fourth-order valence-corrected chi connectivity index (χ4v) is 1.58. The number of amides is 1. The third-order valence-electron chi connectivity index (χ3n) is 2.57. The van der Waals surface area contributed by atoms with Gasteiger partial charge in [-0.2, -0.15) is 0 Å². The lowest BCUT2D eigenvalue weighted by Crippen LogP contribution is -2.22. The van der Waals surface area contributed by atoms with Gasteiger partial charge in [0.05, 0.1) is 11.4 Å². The maximum absolute atomic E-state index is 13.1. The number of aryl methyl sites for hydroxylation is 1. The van der Waals surface area contributed by atoms with Gasteiger partial charge >= 0.3 is 0 Å². The van der Waals surface area contributed by atoms with E-state index in [0.29, 0.717) is 5.69 Å². The van der Waals surface area contributed by atoms with Gasteiger partial charge in [0.15, 0.2) is 5.43 Å². The number of rotatable bonds is 2. The molecule has 1 aromatic carbocycles. The van der Waals surface area contributed by atoms with Gasteiger partial charge in [-0.1, -0.05) is 0 Å². The molecule has 0 bridgehead atoms. The minimum absolute atomic E-state index is 0.0609. The van der Waals surface area contributed by atoms with Crippen LogP contribution in [0.15, 0.2) is 35.3 Å². The molecule has 0 spiro atoms. The highest BCUT2D eigenvalue weighted by molar-refractivity contribution is 6.05. The summed E-state index contributed by atoms with van der Waals surface area (Å²) in [6, 6.07) is 4.92. The molecule has 6 heteroatoms. The van der Waals surface area contributed by atoms with Gasteiger partial charge < -0.3 is 16.0 Å². The number of nitrogen functional groups attached to an aromatic ring is 1. The first kappa shape index (κ1) is 12.8. The smallest absolute Gasteiger partial charge is 0.261 e. The molecule has 0 radical (unpaired) electrons. The Labute approximate surface area is 108 Å².